The average Bonchev–Trinajstić information content (AvgIpc) is 2.07. The van der Waals surface area contributed by atoms with Crippen LogP contribution < -0.4 is 0 Å². The Morgan fingerprint density at radius 1 is 1.18 bits per heavy atom. The van der Waals surface area contributed by atoms with E-state index in [0.29, 0.717) is 0 Å². The minimum Gasteiger partial charge on any atom is -0.299 e. The van der Waals surface area contributed by atoms with Crippen molar-refractivity contribution in [2.24, 2.45) is 5.92 Å². The quantitative estimate of drug-likeness (QED) is 0.579. The van der Waals surface area contributed by atoms with Crippen molar-refractivity contribution in [1.29, 1.82) is 0 Å². The van der Waals surface area contributed by atoms with Gasteiger partial charge in [0.15, 0.2) is 0 Å². The van der Waals surface area contributed by atoms with E-state index in [9.17, 15) is 0 Å². The molecule has 1 saturated carbocycles. The van der Waals surface area contributed by atoms with E-state index >= 15 is 0 Å². The predicted molar refractivity (Wildman–Crippen MR) is 48.0 cm³/mol. The standard InChI is InChI=1S/C9H16ClN/c10-5-6-11-7-8-1-3-9(11)4-2-8/h8-9H,1-7H2. The summed E-state index contributed by atoms with van der Waals surface area (Å²) in [5.41, 5.74) is 0. The van der Waals surface area contributed by atoms with Crippen LogP contribution in [-0.4, -0.2) is 29.9 Å². The highest BCUT2D eigenvalue weighted by molar-refractivity contribution is 6.18. The van der Waals surface area contributed by atoms with Crippen LogP contribution in [0.15, 0.2) is 0 Å². The van der Waals surface area contributed by atoms with Gasteiger partial charge in [-0.1, -0.05) is 0 Å². The Balaban J connectivity index is 1.92. The van der Waals surface area contributed by atoms with E-state index < -0.39 is 0 Å². The molecule has 64 valence electrons. The molecule has 0 unspecified atom stereocenters. The molecule has 0 radical (unpaired) electrons. The summed E-state index contributed by atoms with van der Waals surface area (Å²) in [5.74, 6) is 1.81. The van der Waals surface area contributed by atoms with Gasteiger partial charge < -0.3 is 0 Å². The highest BCUT2D eigenvalue weighted by Crippen LogP contribution is 2.34. The molecular weight excluding hydrogens is 158 g/mol. The maximum absolute atomic E-state index is 5.73. The van der Waals surface area contributed by atoms with Crippen LogP contribution in [0.1, 0.15) is 25.7 Å². The van der Waals surface area contributed by atoms with Crippen molar-refractivity contribution < 1.29 is 0 Å². The molecule has 2 heteroatoms. The molecule has 3 rings (SSSR count). The van der Waals surface area contributed by atoms with E-state index in [1.807, 2.05) is 0 Å². The molecule has 2 saturated heterocycles. The Morgan fingerprint density at radius 2 is 1.91 bits per heavy atom. The Hall–Kier alpha value is 0.250. The van der Waals surface area contributed by atoms with Crippen molar-refractivity contribution >= 4 is 11.6 Å². The molecule has 2 heterocycles. The maximum Gasteiger partial charge on any atom is 0.0351 e. The van der Waals surface area contributed by atoms with Crippen molar-refractivity contribution in [3.05, 3.63) is 0 Å². The summed E-state index contributed by atoms with van der Waals surface area (Å²) >= 11 is 5.73. The van der Waals surface area contributed by atoms with Gasteiger partial charge in [0.2, 0.25) is 0 Å². The summed E-state index contributed by atoms with van der Waals surface area (Å²) in [6.45, 7) is 2.44. The van der Waals surface area contributed by atoms with Crippen LogP contribution in [0.3, 0.4) is 0 Å². The second-order valence-corrected chi connectivity index (χ2v) is 4.24. The van der Waals surface area contributed by atoms with E-state index in [1.165, 1.54) is 32.2 Å². The van der Waals surface area contributed by atoms with Crippen LogP contribution in [-0.2, 0) is 0 Å². The third-order valence-corrected chi connectivity index (χ3v) is 3.37. The molecule has 1 nitrogen and oxygen atoms in total. The number of hydrogen-bond acceptors (Lipinski definition) is 1. The maximum atomic E-state index is 5.73. The summed E-state index contributed by atoms with van der Waals surface area (Å²) in [6, 6.07) is 0.888. The van der Waals surface area contributed by atoms with Crippen molar-refractivity contribution in [3.8, 4) is 0 Å². The molecule has 3 aliphatic rings. The summed E-state index contributed by atoms with van der Waals surface area (Å²) in [7, 11) is 0. The minimum absolute atomic E-state index is 0.809. The van der Waals surface area contributed by atoms with Crippen LogP contribution in [0.25, 0.3) is 0 Å². The van der Waals surface area contributed by atoms with E-state index in [-0.39, 0.29) is 0 Å². The second-order valence-electron chi connectivity index (χ2n) is 3.86. The molecule has 2 aliphatic heterocycles. The number of nitrogens with zero attached hydrogens (tertiary/aromatic N) is 1. The summed E-state index contributed by atoms with van der Waals surface area (Å²) < 4.78 is 0. The molecule has 0 amide bonds. The first-order valence-corrected chi connectivity index (χ1v) is 5.23. The van der Waals surface area contributed by atoms with Gasteiger partial charge in [-0.05, 0) is 31.6 Å². The van der Waals surface area contributed by atoms with E-state index in [1.54, 1.807) is 0 Å². The zero-order chi connectivity index (χ0) is 7.68. The van der Waals surface area contributed by atoms with E-state index in [2.05, 4.69) is 4.90 Å². The van der Waals surface area contributed by atoms with Gasteiger partial charge in [0, 0.05) is 25.0 Å². The molecule has 11 heavy (non-hydrogen) atoms. The van der Waals surface area contributed by atoms with Crippen molar-refractivity contribution in [2.75, 3.05) is 19.0 Å². The molecular formula is C9H16ClN. The summed E-state index contributed by atoms with van der Waals surface area (Å²) in [5, 5.41) is 0. The summed E-state index contributed by atoms with van der Waals surface area (Å²) in [4.78, 5) is 2.59. The Morgan fingerprint density at radius 3 is 2.36 bits per heavy atom. The Labute approximate surface area is 73.7 Å². The topological polar surface area (TPSA) is 3.24 Å². The van der Waals surface area contributed by atoms with Gasteiger partial charge in [-0.3, -0.25) is 4.90 Å². The first-order chi connectivity index (χ1) is 5.40. The van der Waals surface area contributed by atoms with Crippen LogP contribution >= 0.6 is 11.6 Å². The zero-order valence-electron chi connectivity index (χ0n) is 6.93. The van der Waals surface area contributed by atoms with Gasteiger partial charge in [-0.15, -0.1) is 11.6 Å². The number of hydrogen-bond donors (Lipinski definition) is 0. The van der Waals surface area contributed by atoms with Crippen molar-refractivity contribution in [2.45, 2.75) is 31.7 Å². The lowest BCUT2D eigenvalue weighted by atomic mass is 9.80. The Bertz CT molecular complexity index is 130. The third-order valence-electron chi connectivity index (χ3n) is 3.20. The van der Waals surface area contributed by atoms with Crippen LogP contribution in [0, 0.1) is 5.92 Å². The number of rotatable bonds is 2. The molecule has 0 aromatic carbocycles. The number of piperidine rings is 2. The molecule has 1 aliphatic carbocycles. The lowest BCUT2D eigenvalue weighted by molar-refractivity contribution is 0.0546. The fraction of sp³-hybridized carbons (Fsp3) is 1.00. The highest BCUT2D eigenvalue weighted by atomic mass is 35.5. The van der Waals surface area contributed by atoms with Gasteiger partial charge >= 0.3 is 0 Å². The summed E-state index contributed by atoms with van der Waals surface area (Å²) in [6.07, 6.45) is 5.82. The van der Waals surface area contributed by atoms with Gasteiger partial charge in [-0.2, -0.15) is 0 Å². The first-order valence-electron chi connectivity index (χ1n) is 4.70. The fourth-order valence-corrected chi connectivity index (χ4v) is 2.77. The van der Waals surface area contributed by atoms with Crippen molar-refractivity contribution in [3.63, 3.8) is 0 Å². The van der Waals surface area contributed by atoms with Gasteiger partial charge in [0.1, 0.15) is 0 Å². The van der Waals surface area contributed by atoms with Crippen LogP contribution in [0.5, 0.6) is 0 Å². The molecule has 0 atom stereocenters. The number of halogens is 1. The predicted octanol–water partition coefficient (Wildman–Crippen LogP) is 2.10. The monoisotopic (exact) mass is 173 g/mol. The second kappa shape index (κ2) is 3.32. The highest BCUT2D eigenvalue weighted by Gasteiger charge is 2.32. The van der Waals surface area contributed by atoms with Gasteiger partial charge in [0.25, 0.3) is 0 Å². The molecule has 0 aromatic rings. The van der Waals surface area contributed by atoms with Crippen LogP contribution in [0.2, 0.25) is 0 Å². The van der Waals surface area contributed by atoms with E-state index in [0.717, 1.165) is 24.4 Å². The van der Waals surface area contributed by atoms with Gasteiger partial charge in [0.05, 0.1) is 0 Å². The minimum atomic E-state index is 0.809. The number of alkyl halides is 1. The fourth-order valence-electron chi connectivity index (χ4n) is 2.56. The molecule has 0 spiro atoms. The van der Waals surface area contributed by atoms with Crippen LogP contribution in [0.4, 0.5) is 0 Å². The van der Waals surface area contributed by atoms with Crippen molar-refractivity contribution in [1.82, 2.24) is 4.90 Å². The van der Waals surface area contributed by atoms with Gasteiger partial charge in [-0.25, -0.2) is 0 Å². The molecule has 0 aromatic heterocycles. The zero-order valence-corrected chi connectivity index (χ0v) is 7.69. The third kappa shape index (κ3) is 1.54. The van der Waals surface area contributed by atoms with E-state index in [4.69, 9.17) is 11.6 Å². The largest absolute Gasteiger partial charge is 0.299 e. The molecule has 0 N–H and O–H groups in total. The first kappa shape index (κ1) is 7.88. The average molecular weight is 174 g/mol. The molecule has 2 bridgehead atoms. The normalized spacial score (nSPS) is 37.9. The SMILES string of the molecule is ClCCN1CC2CCC1CC2. The Kier molecular flexibility index (Phi) is 2.38. The number of fused-ring (bicyclic) bond motifs is 3. The molecule has 3 fully saturated rings. The smallest absolute Gasteiger partial charge is 0.0351 e. The lowest BCUT2D eigenvalue weighted by Crippen LogP contribution is -2.48. The lowest BCUT2D eigenvalue weighted by Gasteiger charge is -2.45.